The van der Waals surface area contributed by atoms with E-state index in [0.717, 1.165) is 19.5 Å². The first-order valence-corrected chi connectivity index (χ1v) is 13.0. The molecule has 2 aromatic rings. The van der Waals surface area contributed by atoms with Crippen LogP contribution in [0, 0.1) is 10.8 Å². The van der Waals surface area contributed by atoms with E-state index >= 15 is 0 Å². The van der Waals surface area contributed by atoms with Crippen LogP contribution < -0.4 is 0 Å². The molecule has 1 saturated carbocycles. The Labute approximate surface area is 202 Å². The minimum atomic E-state index is 0.420. The molecule has 2 fully saturated rings. The van der Waals surface area contributed by atoms with Crippen LogP contribution in [0.5, 0.6) is 0 Å². The van der Waals surface area contributed by atoms with Gasteiger partial charge in [-0.15, -0.1) is 0 Å². The average molecular weight is 442 g/mol. The van der Waals surface area contributed by atoms with Gasteiger partial charge in [-0.25, -0.2) is 0 Å². The van der Waals surface area contributed by atoms with Gasteiger partial charge in [-0.05, 0) is 84.8 Å². The van der Waals surface area contributed by atoms with Crippen molar-refractivity contribution in [2.75, 3.05) is 13.1 Å². The van der Waals surface area contributed by atoms with Crippen LogP contribution in [0.25, 0.3) is 5.70 Å². The summed E-state index contributed by atoms with van der Waals surface area (Å²) >= 11 is 0. The number of rotatable bonds is 6. The van der Waals surface area contributed by atoms with Gasteiger partial charge in [-0.3, -0.25) is 0 Å². The molecule has 2 aromatic carbocycles. The highest BCUT2D eigenvalue weighted by atomic mass is 15.1. The largest absolute Gasteiger partial charge is 0.371 e. The molecular formula is C32H43N. The summed E-state index contributed by atoms with van der Waals surface area (Å²) in [5.41, 5.74) is 7.70. The number of aryl methyl sites for hydroxylation is 1. The molecule has 1 atom stereocenters. The fourth-order valence-electron chi connectivity index (χ4n) is 6.08. The topological polar surface area (TPSA) is 3.24 Å². The molecule has 1 aliphatic carbocycles. The first-order chi connectivity index (χ1) is 15.7. The Hall–Kier alpha value is -2.28. The molecule has 1 unspecified atom stereocenters. The number of likely N-dealkylation sites (tertiary alicyclic amines) is 1. The van der Waals surface area contributed by atoms with Crippen LogP contribution in [-0.2, 0) is 6.42 Å². The van der Waals surface area contributed by atoms with Crippen molar-refractivity contribution in [1.82, 2.24) is 4.90 Å². The second kappa shape index (κ2) is 9.92. The third-order valence-electron chi connectivity index (χ3n) is 8.00. The van der Waals surface area contributed by atoms with E-state index in [0.29, 0.717) is 16.7 Å². The Balaban J connectivity index is 1.33. The Bertz CT molecular complexity index is 936. The van der Waals surface area contributed by atoms with Crippen LogP contribution in [-0.4, -0.2) is 18.0 Å². The van der Waals surface area contributed by atoms with E-state index in [9.17, 15) is 0 Å². The average Bonchev–Trinajstić information content (AvgIpc) is 2.79. The molecule has 0 amide bonds. The zero-order valence-electron chi connectivity index (χ0n) is 21.2. The zero-order valence-corrected chi connectivity index (χ0v) is 21.2. The molecule has 4 rings (SSSR count). The Morgan fingerprint density at radius 2 is 1.67 bits per heavy atom. The van der Waals surface area contributed by atoms with Crippen molar-refractivity contribution < 1.29 is 0 Å². The monoisotopic (exact) mass is 441 g/mol. The Morgan fingerprint density at radius 1 is 1.00 bits per heavy atom. The molecule has 0 aromatic heterocycles. The lowest BCUT2D eigenvalue weighted by Crippen LogP contribution is -2.41. The van der Waals surface area contributed by atoms with Crippen LogP contribution in [0.15, 0.2) is 73.3 Å². The van der Waals surface area contributed by atoms with E-state index in [4.69, 9.17) is 0 Å². The van der Waals surface area contributed by atoms with Crippen LogP contribution in [0.4, 0.5) is 0 Å². The number of piperidine rings is 1. The number of allylic oxidation sites excluding steroid dienone is 1. The molecule has 176 valence electrons. The van der Waals surface area contributed by atoms with E-state index in [1.807, 2.05) is 0 Å². The van der Waals surface area contributed by atoms with E-state index < -0.39 is 0 Å². The van der Waals surface area contributed by atoms with Gasteiger partial charge in [0.2, 0.25) is 0 Å². The maximum Gasteiger partial charge on any atom is 0.0366 e. The minimum absolute atomic E-state index is 0.420. The lowest BCUT2D eigenvalue weighted by Gasteiger charge is -2.48. The second-order valence-electron chi connectivity index (χ2n) is 12.0. The van der Waals surface area contributed by atoms with Crippen LogP contribution in [0.2, 0.25) is 0 Å². The van der Waals surface area contributed by atoms with Crippen LogP contribution in [0.1, 0.15) is 88.3 Å². The molecule has 0 bridgehead atoms. The Kier molecular flexibility index (Phi) is 7.17. The highest BCUT2D eigenvalue weighted by Gasteiger charge is 2.40. The van der Waals surface area contributed by atoms with Crippen molar-refractivity contribution >= 4 is 5.70 Å². The van der Waals surface area contributed by atoms with Gasteiger partial charge < -0.3 is 4.90 Å². The van der Waals surface area contributed by atoms with E-state index in [1.54, 1.807) is 0 Å². The second-order valence-corrected chi connectivity index (χ2v) is 12.0. The number of nitrogens with zero attached hydrogens (tertiary/aromatic N) is 1. The summed E-state index contributed by atoms with van der Waals surface area (Å²) < 4.78 is 0. The van der Waals surface area contributed by atoms with Gasteiger partial charge in [-0.2, -0.15) is 0 Å². The van der Waals surface area contributed by atoms with Gasteiger partial charge in [-0.1, -0.05) is 94.1 Å². The summed E-state index contributed by atoms with van der Waals surface area (Å²) in [4.78, 5) is 2.52. The predicted octanol–water partition coefficient (Wildman–Crippen LogP) is 8.63. The zero-order chi connectivity index (χ0) is 23.5. The van der Waals surface area contributed by atoms with Crippen molar-refractivity contribution in [2.24, 2.45) is 10.8 Å². The van der Waals surface area contributed by atoms with Crippen molar-refractivity contribution in [3.63, 3.8) is 0 Å². The molecule has 0 N–H and O–H groups in total. The molecule has 33 heavy (non-hydrogen) atoms. The SMILES string of the molecule is C=C1CC(c2ccccc2)CC2(CCN(C(=C)c3ccc(CCCC(C)(C)C)cc3)CC2)C1. The minimum Gasteiger partial charge on any atom is -0.371 e. The van der Waals surface area contributed by atoms with Crippen LogP contribution in [0.3, 0.4) is 0 Å². The molecule has 1 heterocycles. The van der Waals surface area contributed by atoms with Gasteiger partial charge in [0, 0.05) is 18.8 Å². The molecule has 1 spiro atoms. The Morgan fingerprint density at radius 3 is 2.30 bits per heavy atom. The van der Waals surface area contributed by atoms with Crippen molar-refractivity contribution in [2.45, 2.75) is 78.1 Å². The van der Waals surface area contributed by atoms with Crippen molar-refractivity contribution in [3.05, 3.63) is 90.0 Å². The smallest absolute Gasteiger partial charge is 0.0366 e. The summed E-state index contributed by atoms with van der Waals surface area (Å²) in [6, 6.07) is 20.3. The maximum absolute atomic E-state index is 4.49. The van der Waals surface area contributed by atoms with Crippen molar-refractivity contribution in [3.8, 4) is 0 Å². The highest BCUT2D eigenvalue weighted by molar-refractivity contribution is 5.62. The predicted molar refractivity (Wildman–Crippen MR) is 143 cm³/mol. The standard InChI is InChI=1S/C32H43N/c1-25-22-30(29-11-7-6-8-12-29)24-32(23-25)18-20-33(21-19-32)26(2)28-15-13-27(14-16-28)10-9-17-31(3,4)5/h6-8,11-16,30H,1-2,9-10,17-24H2,3-5H3. The number of benzene rings is 2. The quantitative estimate of drug-likeness (QED) is 0.405. The third kappa shape index (κ3) is 6.19. The van der Waals surface area contributed by atoms with Gasteiger partial charge >= 0.3 is 0 Å². The first kappa shape index (κ1) is 23.9. The highest BCUT2D eigenvalue weighted by Crippen LogP contribution is 2.51. The number of hydrogen-bond acceptors (Lipinski definition) is 1. The molecule has 1 heteroatoms. The fourth-order valence-corrected chi connectivity index (χ4v) is 6.08. The van der Waals surface area contributed by atoms with Gasteiger partial charge in [0.1, 0.15) is 0 Å². The lowest BCUT2D eigenvalue weighted by atomic mass is 9.62. The van der Waals surface area contributed by atoms with Crippen LogP contribution >= 0.6 is 0 Å². The summed E-state index contributed by atoms with van der Waals surface area (Å²) in [5, 5.41) is 0. The molecule has 0 radical (unpaired) electrons. The molecule has 1 saturated heterocycles. The molecular weight excluding hydrogens is 398 g/mol. The third-order valence-corrected chi connectivity index (χ3v) is 8.00. The molecule has 2 aliphatic rings. The number of hydrogen-bond donors (Lipinski definition) is 0. The van der Waals surface area contributed by atoms with Crippen molar-refractivity contribution in [1.29, 1.82) is 0 Å². The summed E-state index contributed by atoms with van der Waals surface area (Å²) in [7, 11) is 0. The molecule has 1 nitrogen and oxygen atoms in total. The van der Waals surface area contributed by atoms with Gasteiger partial charge in [0.05, 0.1) is 0 Å². The lowest BCUT2D eigenvalue weighted by molar-refractivity contribution is 0.105. The van der Waals surface area contributed by atoms with Gasteiger partial charge in [0.25, 0.3) is 0 Å². The fraction of sp³-hybridized carbons (Fsp3) is 0.500. The summed E-state index contributed by atoms with van der Waals surface area (Å²) in [6.45, 7) is 18.2. The maximum atomic E-state index is 4.49. The molecule has 1 aliphatic heterocycles. The van der Waals surface area contributed by atoms with E-state index in [1.165, 1.54) is 72.9 Å². The summed E-state index contributed by atoms with van der Waals surface area (Å²) in [6.07, 6.45) is 9.87. The van der Waals surface area contributed by atoms with E-state index in [-0.39, 0.29) is 0 Å². The summed E-state index contributed by atoms with van der Waals surface area (Å²) in [5.74, 6) is 0.632. The normalized spacial score (nSPS) is 20.8. The van der Waals surface area contributed by atoms with E-state index in [2.05, 4.69) is 93.4 Å². The first-order valence-electron chi connectivity index (χ1n) is 13.0. The van der Waals surface area contributed by atoms with Gasteiger partial charge in [0.15, 0.2) is 0 Å².